The van der Waals surface area contributed by atoms with Crippen molar-refractivity contribution in [3.8, 4) is 0 Å². The van der Waals surface area contributed by atoms with E-state index in [9.17, 15) is 0 Å². The van der Waals surface area contributed by atoms with Crippen LogP contribution in [-0.4, -0.2) is 23.7 Å². The van der Waals surface area contributed by atoms with Crippen LogP contribution in [0.3, 0.4) is 0 Å². The molecule has 3 N–H and O–H groups in total. The summed E-state index contributed by atoms with van der Waals surface area (Å²) >= 11 is 0. The van der Waals surface area contributed by atoms with Crippen LogP contribution >= 0.6 is 0 Å². The Labute approximate surface area is 89.8 Å². The second-order valence-corrected chi connectivity index (χ2v) is 4.31. The van der Waals surface area contributed by atoms with E-state index >= 15 is 0 Å². The maximum atomic E-state index is 5.62. The van der Waals surface area contributed by atoms with Crippen molar-refractivity contribution in [2.75, 3.05) is 24.3 Å². The Bertz CT molecular complexity index is 334. The fourth-order valence-corrected chi connectivity index (χ4v) is 1.91. The molecule has 1 saturated heterocycles. The normalized spacial score (nSPS) is 26.2. The van der Waals surface area contributed by atoms with E-state index in [1.165, 1.54) is 0 Å². The topological polar surface area (TPSA) is 60.2 Å². The van der Waals surface area contributed by atoms with Crippen LogP contribution in [0.5, 0.6) is 0 Å². The first-order valence-corrected chi connectivity index (χ1v) is 5.25. The van der Waals surface area contributed by atoms with Gasteiger partial charge in [0.15, 0.2) is 0 Å². The number of hydrogen-bond donors (Lipinski definition) is 2. The molecule has 2 rings (SSSR count). The standard InChI is InChI=1S/C11H17N3O/c1-11(4-2-6-15-8-11)14-9-3-5-13-10(12)7-9/h3,5,7H,2,4,6,8H2,1H3,(H3,12,13,14). The van der Waals surface area contributed by atoms with Crippen molar-refractivity contribution >= 4 is 11.5 Å². The molecule has 0 bridgehead atoms. The molecule has 0 radical (unpaired) electrons. The van der Waals surface area contributed by atoms with Crippen LogP contribution in [0.25, 0.3) is 0 Å². The summed E-state index contributed by atoms with van der Waals surface area (Å²) in [5.74, 6) is 0.542. The van der Waals surface area contributed by atoms with E-state index in [4.69, 9.17) is 10.5 Å². The number of ether oxygens (including phenoxy) is 1. The molecule has 1 atom stereocenters. The average Bonchev–Trinajstić information content (AvgIpc) is 2.18. The second-order valence-electron chi connectivity index (χ2n) is 4.31. The molecule has 1 unspecified atom stereocenters. The molecule has 4 nitrogen and oxygen atoms in total. The van der Waals surface area contributed by atoms with Crippen molar-refractivity contribution in [1.82, 2.24) is 4.98 Å². The monoisotopic (exact) mass is 207 g/mol. The van der Waals surface area contributed by atoms with Gasteiger partial charge >= 0.3 is 0 Å². The molecule has 1 aromatic heterocycles. The Morgan fingerprint density at radius 1 is 1.60 bits per heavy atom. The summed E-state index contributed by atoms with van der Waals surface area (Å²) in [5, 5.41) is 3.45. The number of nitrogens with one attached hydrogen (secondary N) is 1. The van der Waals surface area contributed by atoms with E-state index in [2.05, 4.69) is 17.2 Å². The van der Waals surface area contributed by atoms with Gasteiger partial charge in [-0.05, 0) is 25.8 Å². The third kappa shape index (κ3) is 2.59. The van der Waals surface area contributed by atoms with Gasteiger partial charge in [-0.15, -0.1) is 0 Å². The minimum atomic E-state index is 0.0199. The van der Waals surface area contributed by atoms with Crippen molar-refractivity contribution in [3.63, 3.8) is 0 Å². The lowest BCUT2D eigenvalue weighted by Crippen LogP contribution is -2.43. The van der Waals surface area contributed by atoms with Gasteiger partial charge in [0, 0.05) is 24.6 Å². The van der Waals surface area contributed by atoms with Crippen LogP contribution in [-0.2, 0) is 4.74 Å². The van der Waals surface area contributed by atoms with Gasteiger partial charge in [-0.1, -0.05) is 0 Å². The Morgan fingerprint density at radius 3 is 3.13 bits per heavy atom. The largest absolute Gasteiger partial charge is 0.384 e. The molecule has 0 aliphatic carbocycles. The molecule has 1 fully saturated rings. The molecular formula is C11H17N3O. The van der Waals surface area contributed by atoms with E-state index in [-0.39, 0.29) is 5.54 Å². The zero-order valence-electron chi connectivity index (χ0n) is 8.99. The summed E-state index contributed by atoms with van der Waals surface area (Å²) in [6.07, 6.45) is 3.93. The summed E-state index contributed by atoms with van der Waals surface area (Å²) < 4.78 is 5.48. The molecule has 0 amide bonds. The molecule has 82 valence electrons. The van der Waals surface area contributed by atoms with Gasteiger partial charge in [0.1, 0.15) is 5.82 Å². The number of hydrogen-bond acceptors (Lipinski definition) is 4. The molecule has 15 heavy (non-hydrogen) atoms. The van der Waals surface area contributed by atoms with Crippen LogP contribution < -0.4 is 11.1 Å². The first-order valence-electron chi connectivity index (χ1n) is 5.25. The van der Waals surface area contributed by atoms with Crippen molar-refractivity contribution < 1.29 is 4.74 Å². The summed E-state index contributed by atoms with van der Waals surface area (Å²) in [5.41, 5.74) is 6.65. The Kier molecular flexibility index (Phi) is 2.77. The summed E-state index contributed by atoms with van der Waals surface area (Å²) in [4.78, 5) is 3.96. The number of nitrogen functional groups attached to an aromatic ring is 1. The van der Waals surface area contributed by atoms with E-state index < -0.39 is 0 Å². The van der Waals surface area contributed by atoms with E-state index in [0.717, 1.165) is 31.7 Å². The van der Waals surface area contributed by atoms with Crippen molar-refractivity contribution in [2.24, 2.45) is 0 Å². The third-order valence-corrected chi connectivity index (χ3v) is 2.67. The predicted molar refractivity (Wildman–Crippen MR) is 60.7 cm³/mol. The molecule has 1 aliphatic rings. The minimum absolute atomic E-state index is 0.0199. The summed E-state index contributed by atoms with van der Waals surface area (Å²) in [6, 6.07) is 3.77. The Balaban J connectivity index is 2.06. The highest BCUT2D eigenvalue weighted by Gasteiger charge is 2.27. The smallest absolute Gasteiger partial charge is 0.125 e. The van der Waals surface area contributed by atoms with Gasteiger partial charge < -0.3 is 15.8 Å². The van der Waals surface area contributed by atoms with Crippen LogP contribution in [0.2, 0.25) is 0 Å². The van der Waals surface area contributed by atoms with Crippen LogP contribution in [0.4, 0.5) is 11.5 Å². The molecular weight excluding hydrogens is 190 g/mol. The Hall–Kier alpha value is -1.29. The highest BCUT2D eigenvalue weighted by molar-refractivity contribution is 5.51. The molecule has 2 heterocycles. The molecule has 4 heteroatoms. The van der Waals surface area contributed by atoms with Gasteiger partial charge in [0.2, 0.25) is 0 Å². The number of nitrogens with zero attached hydrogens (tertiary/aromatic N) is 1. The first kappa shape index (κ1) is 10.2. The predicted octanol–water partition coefficient (Wildman–Crippen LogP) is 1.64. The number of aromatic nitrogens is 1. The zero-order valence-corrected chi connectivity index (χ0v) is 8.99. The van der Waals surface area contributed by atoms with E-state index in [1.54, 1.807) is 6.20 Å². The molecule has 1 aromatic rings. The average molecular weight is 207 g/mol. The van der Waals surface area contributed by atoms with Crippen molar-refractivity contribution in [1.29, 1.82) is 0 Å². The summed E-state index contributed by atoms with van der Waals surface area (Å²) in [7, 11) is 0. The van der Waals surface area contributed by atoms with Crippen molar-refractivity contribution in [3.05, 3.63) is 18.3 Å². The fraction of sp³-hybridized carbons (Fsp3) is 0.545. The second kappa shape index (κ2) is 4.06. The van der Waals surface area contributed by atoms with Crippen LogP contribution in [0.15, 0.2) is 18.3 Å². The lowest BCUT2D eigenvalue weighted by atomic mass is 9.94. The number of rotatable bonds is 2. The minimum Gasteiger partial charge on any atom is -0.384 e. The number of nitrogens with two attached hydrogens (primary N) is 1. The van der Waals surface area contributed by atoms with Crippen LogP contribution in [0, 0.1) is 0 Å². The fourth-order valence-electron chi connectivity index (χ4n) is 1.91. The molecule has 0 spiro atoms. The van der Waals surface area contributed by atoms with Gasteiger partial charge in [0.25, 0.3) is 0 Å². The lowest BCUT2D eigenvalue weighted by Gasteiger charge is -2.35. The quantitative estimate of drug-likeness (QED) is 0.774. The number of pyridine rings is 1. The number of anilines is 2. The van der Waals surface area contributed by atoms with E-state index in [1.807, 2.05) is 12.1 Å². The molecule has 0 saturated carbocycles. The maximum absolute atomic E-state index is 5.62. The van der Waals surface area contributed by atoms with Crippen molar-refractivity contribution in [2.45, 2.75) is 25.3 Å². The van der Waals surface area contributed by atoms with Gasteiger partial charge in [-0.3, -0.25) is 0 Å². The van der Waals surface area contributed by atoms with E-state index in [0.29, 0.717) is 5.82 Å². The lowest BCUT2D eigenvalue weighted by molar-refractivity contribution is 0.0540. The summed E-state index contributed by atoms with van der Waals surface area (Å²) in [6.45, 7) is 3.79. The van der Waals surface area contributed by atoms with Gasteiger partial charge in [-0.2, -0.15) is 0 Å². The maximum Gasteiger partial charge on any atom is 0.125 e. The highest BCUT2D eigenvalue weighted by Crippen LogP contribution is 2.24. The van der Waals surface area contributed by atoms with Gasteiger partial charge in [0.05, 0.1) is 12.1 Å². The molecule has 0 aromatic carbocycles. The molecule has 1 aliphatic heterocycles. The zero-order chi connectivity index (χ0) is 10.7. The highest BCUT2D eigenvalue weighted by atomic mass is 16.5. The first-order chi connectivity index (χ1) is 7.18. The SMILES string of the molecule is CC1(Nc2ccnc(N)c2)CCCOC1. The van der Waals surface area contributed by atoms with Crippen LogP contribution in [0.1, 0.15) is 19.8 Å². The Morgan fingerprint density at radius 2 is 2.47 bits per heavy atom. The van der Waals surface area contributed by atoms with Gasteiger partial charge in [-0.25, -0.2) is 4.98 Å². The third-order valence-electron chi connectivity index (χ3n) is 2.67.